The average molecular weight is 136 g/mol. The van der Waals surface area contributed by atoms with Gasteiger partial charge < -0.3 is 10.5 Å². The first-order chi connectivity index (χ1) is 4.74. The van der Waals surface area contributed by atoms with Crippen molar-refractivity contribution in [1.29, 1.82) is 0 Å². The number of benzene rings is 1. The first kappa shape index (κ1) is 6.93. The molecule has 0 unspecified atom stereocenters. The van der Waals surface area contributed by atoms with E-state index in [0.717, 1.165) is 5.56 Å². The summed E-state index contributed by atoms with van der Waals surface area (Å²) >= 11 is 0. The molecule has 0 bridgehead atoms. The number of ether oxygens (including phenoxy) is 1. The van der Waals surface area contributed by atoms with Gasteiger partial charge in [-0.2, -0.15) is 0 Å². The molecule has 10 heavy (non-hydrogen) atoms. The highest BCUT2D eigenvalue weighted by Crippen LogP contribution is 2.20. The van der Waals surface area contributed by atoms with E-state index in [1.165, 1.54) is 0 Å². The lowest BCUT2D eigenvalue weighted by Crippen LogP contribution is -1.92. The molecule has 2 N–H and O–H groups in total. The van der Waals surface area contributed by atoms with Gasteiger partial charge in [0.15, 0.2) is 0 Å². The molecule has 0 fully saturated rings. The summed E-state index contributed by atoms with van der Waals surface area (Å²) in [6.45, 7) is 1.96. The first-order valence-corrected chi connectivity index (χ1v) is 3.06. The lowest BCUT2D eigenvalue weighted by Gasteiger charge is -2.02. The molecule has 0 aliphatic carbocycles. The van der Waals surface area contributed by atoms with Crippen LogP contribution in [0, 0.1) is 13.0 Å². The highest BCUT2D eigenvalue weighted by Gasteiger charge is 1.96. The third kappa shape index (κ3) is 1.21. The topological polar surface area (TPSA) is 35.2 Å². The highest BCUT2D eigenvalue weighted by atomic mass is 16.5. The Bertz CT molecular complexity index is 233. The fourth-order valence-electron chi connectivity index (χ4n) is 0.792. The van der Waals surface area contributed by atoms with Crippen LogP contribution < -0.4 is 10.5 Å². The van der Waals surface area contributed by atoms with Gasteiger partial charge in [-0.1, -0.05) is 0 Å². The van der Waals surface area contributed by atoms with Crippen LogP contribution in [-0.4, -0.2) is 7.11 Å². The van der Waals surface area contributed by atoms with Gasteiger partial charge in [0.2, 0.25) is 0 Å². The Morgan fingerprint density at radius 3 is 2.80 bits per heavy atom. The number of anilines is 1. The first-order valence-electron chi connectivity index (χ1n) is 3.06. The number of hydrogen-bond donors (Lipinski definition) is 1. The number of nitrogens with two attached hydrogens (primary N) is 1. The molecule has 0 atom stereocenters. The summed E-state index contributed by atoms with van der Waals surface area (Å²) in [5, 5.41) is 0. The molecule has 0 heterocycles. The van der Waals surface area contributed by atoms with Gasteiger partial charge in [-0.25, -0.2) is 0 Å². The van der Waals surface area contributed by atoms with E-state index in [1.54, 1.807) is 7.11 Å². The molecule has 1 aromatic rings. The third-order valence-corrected chi connectivity index (χ3v) is 1.28. The number of rotatable bonds is 1. The fourth-order valence-corrected chi connectivity index (χ4v) is 0.792. The largest absolute Gasteiger partial charge is 0.494 e. The fraction of sp³-hybridized carbons (Fsp3) is 0.250. The van der Waals surface area contributed by atoms with Gasteiger partial charge >= 0.3 is 0 Å². The second-order valence-corrected chi connectivity index (χ2v) is 2.17. The highest BCUT2D eigenvalue weighted by molar-refractivity contribution is 5.53. The minimum Gasteiger partial charge on any atom is -0.494 e. The van der Waals surface area contributed by atoms with Crippen LogP contribution in [0.5, 0.6) is 5.75 Å². The van der Waals surface area contributed by atoms with E-state index in [-0.39, 0.29) is 0 Å². The van der Waals surface area contributed by atoms with Crippen LogP contribution in [0.1, 0.15) is 5.56 Å². The molecule has 2 heteroatoms. The monoisotopic (exact) mass is 136 g/mol. The number of methoxy groups -OCH3 is 1. The minimum atomic E-state index is 0.616. The summed E-state index contributed by atoms with van der Waals surface area (Å²) in [5.41, 5.74) is 7.31. The molecule has 0 aliphatic rings. The molecule has 0 aromatic heterocycles. The Hall–Kier alpha value is -1.18. The third-order valence-electron chi connectivity index (χ3n) is 1.28. The quantitative estimate of drug-likeness (QED) is 0.592. The summed E-state index contributed by atoms with van der Waals surface area (Å²) < 4.78 is 4.92. The molecule has 0 spiro atoms. The van der Waals surface area contributed by atoms with E-state index in [9.17, 15) is 0 Å². The van der Waals surface area contributed by atoms with Gasteiger partial charge in [-0.3, -0.25) is 0 Å². The Kier molecular flexibility index (Phi) is 1.81. The van der Waals surface area contributed by atoms with Crippen LogP contribution in [0.25, 0.3) is 0 Å². The summed E-state index contributed by atoms with van der Waals surface area (Å²) in [4.78, 5) is 0. The smallest absolute Gasteiger partial charge is 0.149 e. The molecule has 0 aliphatic heterocycles. The van der Waals surface area contributed by atoms with Crippen LogP contribution in [0.4, 0.5) is 5.69 Å². The molecule has 0 saturated carbocycles. The molecule has 53 valence electrons. The molecule has 1 radical (unpaired) electrons. The lowest BCUT2D eigenvalue weighted by molar-refractivity contribution is 0.416. The van der Waals surface area contributed by atoms with E-state index in [1.807, 2.05) is 19.1 Å². The van der Waals surface area contributed by atoms with Crippen LogP contribution in [0.3, 0.4) is 0 Å². The van der Waals surface area contributed by atoms with E-state index < -0.39 is 0 Å². The molecule has 0 amide bonds. The van der Waals surface area contributed by atoms with Crippen molar-refractivity contribution in [2.75, 3.05) is 12.8 Å². The van der Waals surface area contributed by atoms with Gasteiger partial charge in [-0.15, -0.1) is 0 Å². The normalized spacial score (nSPS) is 9.40. The van der Waals surface area contributed by atoms with Crippen molar-refractivity contribution in [3.05, 3.63) is 23.8 Å². The van der Waals surface area contributed by atoms with Crippen LogP contribution in [0.15, 0.2) is 12.1 Å². The summed E-state index contributed by atoms with van der Waals surface area (Å²) in [6, 6.07) is 6.61. The van der Waals surface area contributed by atoms with Crippen molar-refractivity contribution < 1.29 is 4.74 Å². The van der Waals surface area contributed by atoms with Crippen molar-refractivity contribution in [1.82, 2.24) is 0 Å². The zero-order valence-corrected chi connectivity index (χ0v) is 6.14. The predicted molar refractivity (Wildman–Crippen MR) is 41.0 cm³/mol. The van der Waals surface area contributed by atoms with Crippen LogP contribution in [-0.2, 0) is 0 Å². The van der Waals surface area contributed by atoms with Crippen molar-refractivity contribution in [3.8, 4) is 5.75 Å². The van der Waals surface area contributed by atoms with Gasteiger partial charge in [-0.05, 0) is 24.6 Å². The van der Waals surface area contributed by atoms with Crippen LogP contribution in [0.2, 0.25) is 0 Å². The van der Waals surface area contributed by atoms with Crippen molar-refractivity contribution in [2.24, 2.45) is 0 Å². The second-order valence-electron chi connectivity index (χ2n) is 2.17. The summed E-state index contributed by atoms with van der Waals surface area (Å²) in [6.07, 6.45) is 0. The van der Waals surface area contributed by atoms with E-state index in [0.29, 0.717) is 11.4 Å². The van der Waals surface area contributed by atoms with E-state index in [2.05, 4.69) is 6.07 Å². The van der Waals surface area contributed by atoms with Gasteiger partial charge in [0.25, 0.3) is 0 Å². The van der Waals surface area contributed by atoms with E-state index >= 15 is 0 Å². The average Bonchev–Trinajstić information content (AvgIpc) is 1.88. The zero-order valence-electron chi connectivity index (χ0n) is 6.14. The number of hydrogen-bond acceptors (Lipinski definition) is 2. The standard InChI is InChI=1S/C8H10NO/c1-6-3-4-8(10-2)7(9)5-6/h3,5H,9H2,1-2H3. The Morgan fingerprint density at radius 1 is 1.60 bits per heavy atom. The molecular weight excluding hydrogens is 126 g/mol. The van der Waals surface area contributed by atoms with Crippen molar-refractivity contribution >= 4 is 5.69 Å². The maximum absolute atomic E-state index is 5.58. The molecule has 1 aromatic carbocycles. The Morgan fingerprint density at radius 2 is 2.30 bits per heavy atom. The molecule has 1 rings (SSSR count). The summed E-state index contributed by atoms with van der Waals surface area (Å²) in [5.74, 6) is 0.616. The van der Waals surface area contributed by atoms with Crippen molar-refractivity contribution in [2.45, 2.75) is 6.92 Å². The molecule has 2 nitrogen and oxygen atoms in total. The van der Waals surface area contributed by atoms with Gasteiger partial charge in [0.05, 0.1) is 12.8 Å². The zero-order chi connectivity index (χ0) is 7.56. The van der Waals surface area contributed by atoms with Gasteiger partial charge in [0, 0.05) is 6.07 Å². The Balaban J connectivity index is 3.07. The number of nitrogen functional groups attached to an aromatic ring is 1. The summed E-state index contributed by atoms with van der Waals surface area (Å²) in [7, 11) is 1.58. The Labute approximate surface area is 60.6 Å². The second kappa shape index (κ2) is 2.60. The van der Waals surface area contributed by atoms with Crippen LogP contribution >= 0.6 is 0 Å². The van der Waals surface area contributed by atoms with E-state index in [4.69, 9.17) is 10.5 Å². The maximum atomic E-state index is 5.58. The number of aryl methyl sites for hydroxylation is 1. The maximum Gasteiger partial charge on any atom is 0.149 e. The van der Waals surface area contributed by atoms with Gasteiger partial charge in [0.1, 0.15) is 5.75 Å². The molecule has 0 saturated heterocycles. The predicted octanol–water partition coefficient (Wildman–Crippen LogP) is 1.39. The molecular formula is C8H10NO. The SMILES string of the molecule is COc1[c]cc(C)cc1N. The minimum absolute atomic E-state index is 0.616. The lowest BCUT2D eigenvalue weighted by atomic mass is 10.2. The van der Waals surface area contributed by atoms with Crippen molar-refractivity contribution in [3.63, 3.8) is 0 Å².